The van der Waals surface area contributed by atoms with Gasteiger partial charge in [-0.05, 0) is 30.2 Å². The van der Waals surface area contributed by atoms with Crippen LogP contribution in [0.2, 0.25) is 0 Å². The Morgan fingerprint density at radius 3 is 1.96 bits per heavy atom. The molecule has 0 aliphatic heterocycles. The first-order valence-corrected chi connectivity index (χ1v) is 8.42. The molecule has 0 saturated heterocycles. The summed E-state index contributed by atoms with van der Waals surface area (Å²) < 4.78 is 1.75. The number of nitrogens with zero attached hydrogens (tertiary/aromatic N) is 1. The summed E-state index contributed by atoms with van der Waals surface area (Å²) in [5.74, 6) is -1.72. The van der Waals surface area contributed by atoms with E-state index in [0.717, 1.165) is 0 Å². The quantitative estimate of drug-likeness (QED) is 0.690. The van der Waals surface area contributed by atoms with Crippen LogP contribution in [0, 0.1) is 5.92 Å². The van der Waals surface area contributed by atoms with Crippen molar-refractivity contribution in [3.05, 3.63) is 58.8 Å². The molecule has 0 saturated carbocycles. The number of carboxylic acids is 1. The number of hydrogen-bond donors (Lipinski definition) is 2. The van der Waals surface area contributed by atoms with Gasteiger partial charge in [0.05, 0.1) is 11.0 Å². The van der Waals surface area contributed by atoms with E-state index in [9.17, 15) is 19.5 Å². The molecule has 6 nitrogen and oxygen atoms in total. The summed E-state index contributed by atoms with van der Waals surface area (Å²) >= 11 is 0. The number of carbonyl (C=O) groups is 2. The van der Waals surface area contributed by atoms with Crippen LogP contribution in [-0.2, 0) is 16.1 Å². The third-order valence-electron chi connectivity index (χ3n) is 4.43. The molecule has 3 rings (SSSR count). The highest BCUT2D eigenvalue weighted by atomic mass is 16.4. The third-order valence-corrected chi connectivity index (χ3v) is 4.43. The van der Waals surface area contributed by atoms with Gasteiger partial charge in [-0.1, -0.05) is 38.1 Å². The molecule has 1 amide bonds. The van der Waals surface area contributed by atoms with E-state index in [4.69, 9.17) is 0 Å². The van der Waals surface area contributed by atoms with Crippen molar-refractivity contribution in [2.75, 3.05) is 0 Å². The Kier molecular flexibility index (Phi) is 4.75. The highest BCUT2D eigenvalue weighted by Gasteiger charge is 2.24. The molecule has 1 atom stereocenters. The molecule has 0 fully saturated rings. The van der Waals surface area contributed by atoms with Gasteiger partial charge in [-0.15, -0.1) is 0 Å². The van der Waals surface area contributed by atoms with E-state index in [1.807, 2.05) is 0 Å². The molecule has 0 radical (unpaired) electrons. The van der Waals surface area contributed by atoms with Crippen LogP contribution >= 0.6 is 0 Å². The molecule has 2 aromatic carbocycles. The summed E-state index contributed by atoms with van der Waals surface area (Å²) in [4.78, 5) is 36.6. The Morgan fingerprint density at radius 2 is 1.50 bits per heavy atom. The van der Waals surface area contributed by atoms with Gasteiger partial charge in [-0.3, -0.25) is 9.59 Å². The van der Waals surface area contributed by atoms with Crippen LogP contribution in [0.5, 0.6) is 0 Å². The summed E-state index contributed by atoms with van der Waals surface area (Å²) in [6, 6.07) is 13.2. The molecule has 1 aromatic heterocycles. The fourth-order valence-corrected chi connectivity index (χ4v) is 3.12. The van der Waals surface area contributed by atoms with Crippen LogP contribution in [-0.4, -0.2) is 27.6 Å². The van der Waals surface area contributed by atoms with Crippen LogP contribution in [0.3, 0.4) is 0 Å². The molecule has 2 N–H and O–H groups in total. The maximum Gasteiger partial charge on any atom is 0.326 e. The summed E-state index contributed by atoms with van der Waals surface area (Å²) in [5, 5.41) is 12.9. The van der Waals surface area contributed by atoms with Crippen molar-refractivity contribution in [2.24, 2.45) is 5.92 Å². The number of nitrogens with one attached hydrogen (secondary N) is 1. The average Bonchev–Trinajstić information content (AvgIpc) is 2.62. The maximum atomic E-state index is 12.7. The highest BCUT2D eigenvalue weighted by molar-refractivity contribution is 5.95. The minimum Gasteiger partial charge on any atom is -0.480 e. The summed E-state index contributed by atoms with van der Waals surface area (Å²) in [5.41, 5.74) is 1.20. The summed E-state index contributed by atoms with van der Waals surface area (Å²) in [6.45, 7) is 3.41. The number of hydrogen-bond acceptors (Lipinski definition) is 3. The normalized spacial score (nSPS) is 12.4. The molecule has 0 aliphatic rings. The number of para-hydroxylation sites is 2. The summed E-state index contributed by atoms with van der Waals surface area (Å²) in [7, 11) is 0. The number of aromatic nitrogens is 1. The zero-order valence-corrected chi connectivity index (χ0v) is 14.6. The van der Waals surface area contributed by atoms with E-state index in [1.165, 1.54) is 0 Å². The minimum absolute atomic E-state index is 0.0716. The van der Waals surface area contributed by atoms with Crippen molar-refractivity contribution in [2.45, 2.75) is 26.4 Å². The Labute approximate surface area is 150 Å². The maximum absolute atomic E-state index is 12.7. The van der Waals surface area contributed by atoms with Crippen molar-refractivity contribution < 1.29 is 14.7 Å². The molecule has 26 heavy (non-hydrogen) atoms. The largest absolute Gasteiger partial charge is 0.480 e. The smallest absolute Gasteiger partial charge is 0.326 e. The Balaban J connectivity index is 2.09. The van der Waals surface area contributed by atoms with Gasteiger partial charge in [-0.25, -0.2) is 4.79 Å². The monoisotopic (exact) mass is 352 g/mol. The zero-order chi connectivity index (χ0) is 18.8. The number of aliphatic carboxylic acids is 1. The second kappa shape index (κ2) is 7.00. The average molecular weight is 352 g/mol. The van der Waals surface area contributed by atoms with Gasteiger partial charge in [-0.2, -0.15) is 0 Å². The highest BCUT2D eigenvalue weighted by Crippen LogP contribution is 2.19. The molecule has 134 valence electrons. The topological polar surface area (TPSA) is 88.4 Å². The van der Waals surface area contributed by atoms with Gasteiger partial charge in [0.1, 0.15) is 12.6 Å². The molecule has 6 heteroatoms. The van der Waals surface area contributed by atoms with E-state index in [1.54, 1.807) is 66.9 Å². The van der Waals surface area contributed by atoms with Crippen molar-refractivity contribution >= 4 is 33.7 Å². The van der Waals surface area contributed by atoms with Gasteiger partial charge in [0.25, 0.3) is 0 Å². The van der Waals surface area contributed by atoms with Gasteiger partial charge in [0.2, 0.25) is 5.91 Å². The fourth-order valence-electron chi connectivity index (χ4n) is 3.12. The molecular formula is C20H20N2O4. The Bertz CT molecular complexity index is 993. The molecule has 1 heterocycles. The fraction of sp³-hybridized carbons (Fsp3) is 0.250. The predicted molar refractivity (Wildman–Crippen MR) is 100 cm³/mol. The summed E-state index contributed by atoms with van der Waals surface area (Å²) in [6.07, 6.45) is 0. The number of fused-ring (bicyclic) bond motifs is 2. The van der Waals surface area contributed by atoms with Crippen molar-refractivity contribution in [3.63, 3.8) is 0 Å². The lowest BCUT2D eigenvalue weighted by Gasteiger charge is -2.20. The molecular weight excluding hydrogens is 332 g/mol. The molecule has 0 bridgehead atoms. The van der Waals surface area contributed by atoms with Gasteiger partial charge in [0, 0.05) is 10.8 Å². The second-order valence-corrected chi connectivity index (χ2v) is 6.58. The number of benzene rings is 2. The number of carbonyl (C=O) groups excluding carboxylic acids is 1. The van der Waals surface area contributed by atoms with Crippen molar-refractivity contribution in [1.29, 1.82) is 0 Å². The third kappa shape index (κ3) is 3.18. The first-order chi connectivity index (χ1) is 12.4. The van der Waals surface area contributed by atoms with Crippen LogP contribution in [0.1, 0.15) is 13.8 Å². The second-order valence-electron chi connectivity index (χ2n) is 6.58. The van der Waals surface area contributed by atoms with Crippen LogP contribution in [0.4, 0.5) is 0 Å². The van der Waals surface area contributed by atoms with E-state index >= 15 is 0 Å². The van der Waals surface area contributed by atoms with Gasteiger partial charge < -0.3 is 15.0 Å². The van der Waals surface area contributed by atoms with E-state index in [0.29, 0.717) is 21.8 Å². The molecule has 0 aliphatic carbocycles. The number of amides is 1. The first-order valence-electron chi connectivity index (χ1n) is 8.42. The first kappa shape index (κ1) is 17.7. The van der Waals surface area contributed by atoms with Crippen LogP contribution in [0.25, 0.3) is 21.8 Å². The number of pyridine rings is 1. The molecule has 1 unspecified atom stereocenters. The zero-order valence-electron chi connectivity index (χ0n) is 14.6. The lowest BCUT2D eigenvalue weighted by atomic mass is 10.0. The Hall–Kier alpha value is -3.15. The number of rotatable bonds is 5. The van der Waals surface area contributed by atoms with Gasteiger partial charge in [0.15, 0.2) is 5.43 Å². The molecule has 3 aromatic rings. The minimum atomic E-state index is -1.07. The Morgan fingerprint density at radius 1 is 1.00 bits per heavy atom. The van der Waals surface area contributed by atoms with E-state index < -0.39 is 17.9 Å². The lowest BCUT2D eigenvalue weighted by molar-refractivity contribution is -0.143. The SMILES string of the molecule is CC(C)C(NC(=O)Cn1c2ccccc2c(=O)c2ccccc21)C(=O)O. The van der Waals surface area contributed by atoms with Crippen LogP contribution < -0.4 is 10.7 Å². The predicted octanol–water partition coefficient (Wildman–Crippen LogP) is 2.38. The van der Waals surface area contributed by atoms with E-state index in [-0.39, 0.29) is 17.9 Å². The van der Waals surface area contributed by atoms with Crippen molar-refractivity contribution in [3.8, 4) is 0 Å². The van der Waals surface area contributed by atoms with Crippen molar-refractivity contribution in [1.82, 2.24) is 9.88 Å². The van der Waals surface area contributed by atoms with Crippen LogP contribution in [0.15, 0.2) is 53.3 Å². The molecule has 0 spiro atoms. The van der Waals surface area contributed by atoms with E-state index in [2.05, 4.69) is 5.32 Å². The van der Waals surface area contributed by atoms with Gasteiger partial charge >= 0.3 is 5.97 Å². The number of carboxylic acid groups (broad SMARTS) is 1. The standard InChI is InChI=1S/C20H20N2O4/c1-12(2)18(20(25)26)21-17(23)11-22-15-9-5-3-7-13(15)19(24)14-8-4-6-10-16(14)22/h3-10,12,18H,11H2,1-2H3,(H,21,23)(H,25,26). The lowest BCUT2D eigenvalue weighted by Crippen LogP contribution is -2.45.